The fourth-order valence-electron chi connectivity index (χ4n) is 1.81. The zero-order valence-electron chi connectivity index (χ0n) is 11.7. The lowest BCUT2D eigenvalue weighted by atomic mass is 10.1. The van der Waals surface area contributed by atoms with Gasteiger partial charge in [0.05, 0.1) is 7.11 Å². The summed E-state index contributed by atoms with van der Waals surface area (Å²) < 4.78 is 18.8. The molecule has 0 aromatic heterocycles. The van der Waals surface area contributed by atoms with E-state index in [0.29, 0.717) is 11.3 Å². The van der Waals surface area contributed by atoms with E-state index in [9.17, 15) is 4.39 Å². The van der Waals surface area contributed by atoms with Crippen molar-refractivity contribution in [1.82, 2.24) is 10.2 Å². The molecule has 102 valence electrons. The molecule has 1 unspecified atom stereocenters. The van der Waals surface area contributed by atoms with Crippen molar-refractivity contribution in [3.05, 3.63) is 29.6 Å². The van der Waals surface area contributed by atoms with Gasteiger partial charge < -0.3 is 15.0 Å². The molecule has 0 saturated heterocycles. The summed E-state index contributed by atoms with van der Waals surface area (Å²) in [6.07, 6.45) is 1.05. The summed E-state index contributed by atoms with van der Waals surface area (Å²) in [4.78, 5) is 2.14. The molecule has 0 saturated carbocycles. The third-order valence-electron chi connectivity index (χ3n) is 2.91. The SMILES string of the molecule is COc1ccc(C(C)NCCCN(C)C)c(F)c1. The van der Waals surface area contributed by atoms with E-state index in [1.807, 2.05) is 21.0 Å². The van der Waals surface area contributed by atoms with Crippen molar-refractivity contribution in [1.29, 1.82) is 0 Å². The Hall–Kier alpha value is -1.13. The van der Waals surface area contributed by atoms with Gasteiger partial charge in [-0.2, -0.15) is 0 Å². The van der Waals surface area contributed by atoms with Gasteiger partial charge in [0, 0.05) is 17.7 Å². The number of nitrogens with one attached hydrogen (secondary N) is 1. The summed E-state index contributed by atoms with van der Waals surface area (Å²) in [6.45, 7) is 3.89. The Labute approximate surface area is 109 Å². The highest BCUT2D eigenvalue weighted by Gasteiger charge is 2.10. The first kappa shape index (κ1) is 14.9. The van der Waals surface area contributed by atoms with Crippen LogP contribution in [0.4, 0.5) is 4.39 Å². The quantitative estimate of drug-likeness (QED) is 0.756. The van der Waals surface area contributed by atoms with Crippen LogP contribution in [0.2, 0.25) is 0 Å². The monoisotopic (exact) mass is 254 g/mol. The fraction of sp³-hybridized carbons (Fsp3) is 0.571. The van der Waals surface area contributed by atoms with Gasteiger partial charge in [-0.3, -0.25) is 0 Å². The second-order valence-corrected chi connectivity index (χ2v) is 4.72. The lowest BCUT2D eigenvalue weighted by Crippen LogP contribution is -2.24. The van der Waals surface area contributed by atoms with Crippen LogP contribution in [-0.4, -0.2) is 39.2 Å². The molecule has 0 heterocycles. The third-order valence-corrected chi connectivity index (χ3v) is 2.91. The molecule has 0 bridgehead atoms. The van der Waals surface area contributed by atoms with Gasteiger partial charge in [-0.05, 0) is 46.6 Å². The lowest BCUT2D eigenvalue weighted by Gasteiger charge is -2.16. The molecule has 0 aliphatic rings. The number of methoxy groups -OCH3 is 1. The summed E-state index contributed by atoms with van der Waals surface area (Å²) in [5, 5.41) is 3.33. The summed E-state index contributed by atoms with van der Waals surface area (Å²) in [7, 11) is 5.64. The van der Waals surface area contributed by atoms with Crippen molar-refractivity contribution in [2.24, 2.45) is 0 Å². The number of hydrogen-bond donors (Lipinski definition) is 1. The summed E-state index contributed by atoms with van der Waals surface area (Å²) in [6, 6.07) is 5.00. The molecule has 0 spiro atoms. The van der Waals surface area contributed by atoms with E-state index in [-0.39, 0.29) is 11.9 Å². The topological polar surface area (TPSA) is 24.5 Å². The number of benzene rings is 1. The van der Waals surface area contributed by atoms with Gasteiger partial charge in [0.15, 0.2) is 0 Å². The zero-order chi connectivity index (χ0) is 13.5. The lowest BCUT2D eigenvalue weighted by molar-refractivity contribution is 0.387. The summed E-state index contributed by atoms with van der Waals surface area (Å²) >= 11 is 0. The Morgan fingerprint density at radius 3 is 2.67 bits per heavy atom. The Kier molecular flexibility index (Phi) is 6.09. The first-order valence-electron chi connectivity index (χ1n) is 6.26. The number of halogens is 1. The number of hydrogen-bond acceptors (Lipinski definition) is 3. The maximum atomic E-state index is 13.8. The molecule has 0 aliphatic carbocycles. The molecule has 0 fully saturated rings. The van der Waals surface area contributed by atoms with Crippen LogP contribution in [0.25, 0.3) is 0 Å². The number of rotatable bonds is 7. The van der Waals surface area contributed by atoms with E-state index in [1.54, 1.807) is 12.1 Å². The average Bonchev–Trinajstić information content (AvgIpc) is 2.33. The van der Waals surface area contributed by atoms with E-state index in [1.165, 1.54) is 13.2 Å². The van der Waals surface area contributed by atoms with E-state index < -0.39 is 0 Å². The highest BCUT2D eigenvalue weighted by atomic mass is 19.1. The van der Waals surface area contributed by atoms with Crippen molar-refractivity contribution < 1.29 is 9.13 Å². The van der Waals surface area contributed by atoms with E-state index >= 15 is 0 Å². The molecule has 1 aromatic rings. The first-order chi connectivity index (χ1) is 8.54. The van der Waals surface area contributed by atoms with Gasteiger partial charge in [0.25, 0.3) is 0 Å². The predicted octanol–water partition coefficient (Wildman–Crippen LogP) is 2.44. The Bertz CT molecular complexity index is 369. The van der Waals surface area contributed by atoms with Crippen LogP contribution in [0, 0.1) is 5.82 Å². The van der Waals surface area contributed by atoms with Crippen LogP contribution < -0.4 is 10.1 Å². The Balaban J connectivity index is 2.48. The molecular weight excluding hydrogens is 231 g/mol. The van der Waals surface area contributed by atoms with Crippen LogP contribution >= 0.6 is 0 Å². The molecule has 4 heteroatoms. The molecule has 0 amide bonds. The number of nitrogens with zero attached hydrogens (tertiary/aromatic N) is 1. The standard InChI is InChI=1S/C14H23FN2O/c1-11(16-8-5-9-17(2)3)13-7-6-12(18-4)10-14(13)15/h6-7,10-11,16H,5,8-9H2,1-4H3. The minimum Gasteiger partial charge on any atom is -0.497 e. The first-order valence-corrected chi connectivity index (χ1v) is 6.26. The highest BCUT2D eigenvalue weighted by molar-refractivity contribution is 5.30. The predicted molar refractivity (Wildman–Crippen MR) is 72.5 cm³/mol. The fourth-order valence-corrected chi connectivity index (χ4v) is 1.81. The maximum absolute atomic E-state index is 13.8. The van der Waals surface area contributed by atoms with Crippen molar-refractivity contribution >= 4 is 0 Å². The van der Waals surface area contributed by atoms with Gasteiger partial charge in [0.1, 0.15) is 11.6 Å². The molecule has 0 radical (unpaired) electrons. The van der Waals surface area contributed by atoms with Gasteiger partial charge in [-0.1, -0.05) is 6.07 Å². The van der Waals surface area contributed by atoms with Crippen LogP contribution in [-0.2, 0) is 0 Å². The van der Waals surface area contributed by atoms with E-state index in [2.05, 4.69) is 10.2 Å². The molecule has 18 heavy (non-hydrogen) atoms. The van der Waals surface area contributed by atoms with Crippen LogP contribution in [0.1, 0.15) is 24.9 Å². The van der Waals surface area contributed by atoms with Crippen molar-refractivity contribution in [3.63, 3.8) is 0 Å². The van der Waals surface area contributed by atoms with Crippen LogP contribution in [0.15, 0.2) is 18.2 Å². The number of ether oxygens (including phenoxy) is 1. The largest absolute Gasteiger partial charge is 0.497 e. The van der Waals surface area contributed by atoms with Gasteiger partial charge in [0.2, 0.25) is 0 Å². The molecule has 0 aliphatic heterocycles. The third kappa shape index (κ3) is 4.63. The molecule has 3 nitrogen and oxygen atoms in total. The average molecular weight is 254 g/mol. The molecule has 1 aromatic carbocycles. The molecule has 1 N–H and O–H groups in total. The van der Waals surface area contributed by atoms with Crippen molar-refractivity contribution in [3.8, 4) is 5.75 Å². The Morgan fingerprint density at radius 1 is 1.39 bits per heavy atom. The van der Waals surface area contributed by atoms with Crippen molar-refractivity contribution in [2.45, 2.75) is 19.4 Å². The second-order valence-electron chi connectivity index (χ2n) is 4.72. The van der Waals surface area contributed by atoms with Gasteiger partial charge >= 0.3 is 0 Å². The summed E-state index contributed by atoms with van der Waals surface area (Å²) in [5.41, 5.74) is 0.681. The van der Waals surface area contributed by atoms with Crippen molar-refractivity contribution in [2.75, 3.05) is 34.3 Å². The highest BCUT2D eigenvalue weighted by Crippen LogP contribution is 2.21. The smallest absolute Gasteiger partial charge is 0.131 e. The minimum absolute atomic E-state index is 0.0121. The molecular formula is C14H23FN2O. The molecule has 1 rings (SSSR count). The molecule has 1 atom stereocenters. The zero-order valence-corrected chi connectivity index (χ0v) is 11.7. The Morgan fingerprint density at radius 2 is 2.11 bits per heavy atom. The van der Waals surface area contributed by atoms with Crippen LogP contribution in [0.3, 0.4) is 0 Å². The summed E-state index contributed by atoms with van der Waals surface area (Å²) in [5.74, 6) is 0.331. The maximum Gasteiger partial charge on any atom is 0.131 e. The van der Waals surface area contributed by atoms with Gasteiger partial charge in [-0.15, -0.1) is 0 Å². The second kappa shape index (κ2) is 7.34. The van der Waals surface area contributed by atoms with E-state index in [4.69, 9.17) is 4.74 Å². The van der Waals surface area contributed by atoms with Gasteiger partial charge in [-0.25, -0.2) is 4.39 Å². The minimum atomic E-state index is -0.220. The van der Waals surface area contributed by atoms with E-state index in [0.717, 1.165) is 19.5 Å². The normalized spacial score (nSPS) is 12.8. The van der Waals surface area contributed by atoms with Crippen LogP contribution in [0.5, 0.6) is 5.75 Å².